The van der Waals surface area contributed by atoms with Crippen LogP contribution in [0.15, 0.2) is 59.8 Å². The van der Waals surface area contributed by atoms with Gasteiger partial charge in [0.25, 0.3) is 5.91 Å². The molecule has 0 fully saturated rings. The molecule has 172 valence electrons. The zero-order valence-electron chi connectivity index (χ0n) is 19.0. The molecule has 2 aliphatic heterocycles. The Hall–Kier alpha value is -3.81. The van der Waals surface area contributed by atoms with Gasteiger partial charge in [-0.15, -0.1) is 0 Å². The smallest absolute Gasteiger partial charge is 0.338 e. The molecule has 3 amide bonds. The predicted octanol–water partition coefficient (Wildman–Crippen LogP) is 3.65. The molecule has 8 heteroatoms. The second-order valence-corrected chi connectivity index (χ2v) is 8.00. The number of hydrogen-bond donors (Lipinski definition) is 1. The first-order chi connectivity index (χ1) is 15.9. The van der Waals surface area contributed by atoms with E-state index in [0.29, 0.717) is 34.9 Å². The number of benzene rings is 2. The molecule has 0 spiro atoms. The molecule has 2 heterocycles. The lowest BCUT2D eigenvalue weighted by atomic mass is 9.95. The lowest BCUT2D eigenvalue weighted by molar-refractivity contribution is -0.114. The first kappa shape index (κ1) is 22.4. The van der Waals surface area contributed by atoms with Crippen LogP contribution in [0.1, 0.15) is 41.7 Å². The fourth-order valence-corrected chi connectivity index (χ4v) is 3.99. The van der Waals surface area contributed by atoms with Gasteiger partial charge in [0.1, 0.15) is 5.75 Å². The normalized spacial score (nSPS) is 17.7. The molecule has 1 N–H and O–H groups in total. The summed E-state index contributed by atoms with van der Waals surface area (Å²) < 4.78 is 10.5. The predicted molar refractivity (Wildman–Crippen MR) is 123 cm³/mol. The average molecular weight is 450 g/mol. The molecule has 0 bridgehead atoms. The Labute approximate surface area is 192 Å². The third-order valence-electron chi connectivity index (χ3n) is 5.96. The van der Waals surface area contributed by atoms with Gasteiger partial charge in [0, 0.05) is 12.7 Å². The molecule has 33 heavy (non-hydrogen) atoms. The highest BCUT2D eigenvalue weighted by molar-refractivity contribution is 6.12. The van der Waals surface area contributed by atoms with Gasteiger partial charge in [-0.05, 0) is 48.4 Å². The summed E-state index contributed by atoms with van der Waals surface area (Å²) in [5.41, 5.74) is 3.07. The maximum absolute atomic E-state index is 13.5. The van der Waals surface area contributed by atoms with Crippen molar-refractivity contribution in [2.45, 2.75) is 25.8 Å². The van der Waals surface area contributed by atoms with Crippen LogP contribution in [0.4, 0.5) is 10.5 Å². The Morgan fingerprint density at radius 3 is 2.42 bits per heavy atom. The van der Waals surface area contributed by atoms with Crippen molar-refractivity contribution in [2.75, 3.05) is 32.2 Å². The molecule has 2 aliphatic rings. The molecule has 0 aliphatic carbocycles. The molecule has 0 aromatic heterocycles. The van der Waals surface area contributed by atoms with Crippen molar-refractivity contribution in [3.05, 3.63) is 70.9 Å². The lowest BCUT2D eigenvalue weighted by Crippen LogP contribution is -2.45. The molecular weight excluding hydrogens is 422 g/mol. The van der Waals surface area contributed by atoms with Crippen molar-refractivity contribution in [2.24, 2.45) is 0 Å². The summed E-state index contributed by atoms with van der Waals surface area (Å²) >= 11 is 0. The minimum absolute atomic E-state index is 0.184. The summed E-state index contributed by atoms with van der Waals surface area (Å²) in [6, 6.07) is 13.2. The maximum atomic E-state index is 13.5. The number of amides is 3. The first-order valence-electron chi connectivity index (χ1n) is 10.9. The van der Waals surface area contributed by atoms with E-state index in [1.807, 2.05) is 19.1 Å². The van der Waals surface area contributed by atoms with E-state index in [1.54, 1.807) is 55.5 Å². The second-order valence-electron chi connectivity index (χ2n) is 8.00. The van der Waals surface area contributed by atoms with E-state index in [0.717, 1.165) is 18.4 Å². The second kappa shape index (κ2) is 9.36. The number of rotatable bonds is 7. The molecule has 1 atom stereocenters. The molecule has 1 unspecified atom stereocenters. The van der Waals surface area contributed by atoms with Crippen molar-refractivity contribution in [3.8, 4) is 5.75 Å². The Kier molecular flexibility index (Phi) is 6.35. The highest BCUT2D eigenvalue weighted by atomic mass is 16.5. The van der Waals surface area contributed by atoms with Crippen LogP contribution in [0, 0.1) is 0 Å². The summed E-state index contributed by atoms with van der Waals surface area (Å²) in [5.74, 6) is 0.130. The van der Waals surface area contributed by atoms with Crippen LogP contribution < -0.4 is 15.0 Å². The standard InChI is InChI=1S/C25H27N3O5/c1-4-5-14-33-24(30)17-6-10-18(11-7-17)28-15-20-21(23(28)29)22(26-25(31)27(20)2)16-8-12-19(32-3)13-9-16/h6-13,22H,4-5,14-15H2,1-3H3,(H,26,31). The van der Waals surface area contributed by atoms with Gasteiger partial charge in [0.15, 0.2) is 0 Å². The van der Waals surface area contributed by atoms with Gasteiger partial charge < -0.3 is 19.7 Å². The van der Waals surface area contributed by atoms with Gasteiger partial charge in [-0.3, -0.25) is 9.69 Å². The number of ether oxygens (including phenoxy) is 2. The third-order valence-corrected chi connectivity index (χ3v) is 5.96. The molecule has 2 aromatic rings. The fraction of sp³-hybridized carbons (Fsp3) is 0.320. The number of unbranched alkanes of at least 4 members (excludes halogenated alkanes) is 1. The largest absolute Gasteiger partial charge is 0.497 e. The van der Waals surface area contributed by atoms with Crippen molar-refractivity contribution in [3.63, 3.8) is 0 Å². The number of anilines is 1. The van der Waals surface area contributed by atoms with E-state index in [4.69, 9.17) is 9.47 Å². The van der Waals surface area contributed by atoms with Crippen LogP contribution in [0.2, 0.25) is 0 Å². The Balaban J connectivity index is 1.57. The highest BCUT2D eigenvalue weighted by Crippen LogP contribution is 2.38. The average Bonchev–Trinajstić information content (AvgIpc) is 3.19. The Morgan fingerprint density at radius 2 is 1.79 bits per heavy atom. The SMILES string of the molecule is CCCCOC(=O)c1ccc(N2CC3=C(C2=O)C(c2ccc(OC)cc2)NC(=O)N3C)cc1. The van der Waals surface area contributed by atoms with Crippen molar-refractivity contribution < 1.29 is 23.9 Å². The first-order valence-corrected chi connectivity index (χ1v) is 10.9. The van der Waals surface area contributed by atoms with E-state index in [1.165, 1.54) is 4.90 Å². The number of carbonyl (C=O) groups is 3. The van der Waals surface area contributed by atoms with Gasteiger partial charge in [0.05, 0.1) is 43.1 Å². The number of hydrogen-bond acceptors (Lipinski definition) is 5. The van der Waals surface area contributed by atoms with Gasteiger partial charge in [-0.2, -0.15) is 0 Å². The number of nitrogens with one attached hydrogen (secondary N) is 1. The summed E-state index contributed by atoms with van der Waals surface area (Å²) in [6.07, 6.45) is 1.77. The quantitative estimate of drug-likeness (QED) is 0.515. The minimum Gasteiger partial charge on any atom is -0.497 e. The van der Waals surface area contributed by atoms with Crippen molar-refractivity contribution in [1.82, 2.24) is 10.2 Å². The van der Waals surface area contributed by atoms with Crippen LogP contribution in [-0.2, 0) is 9.53 Å². The van der Waals surface area contributed by atoms with Crippen LogP contribution in [-0.4, -0.2) is 50.1 Å². The van der Waals surface area contributed by atoms with Crippen LogP contribution >= 0.6 is 0 Å². The van der Waals surface area contributed by atoms with E-state index >= 15 is 0 Å². The lowest BCUT2D eigenvalue weighted by Gasteiger charge is -2.31. The summed E-state index contributed by atoms with van der Waals surface area (Å²) in [6.45, 7) is 2.69. The number of urea groups is 1. The van der Waals surface area contributed by atoms with Crippen LogP contribution in [0.5, 0.6) is 5.75 Å². The topological polar surface area (TPSA) is 88.2 Å². The summed E-state index contributed by atoms with van der Waals surface area (Å²) in [5, 5.41) is 2.92. The minimum atomic E-state index is -0.556. The molecule has 4 rings (SSSR count). The number of methoxy groups -OCH3 is 1. The van der Waals surface area contributed by atoms with E-state index in [2.05, 4.69) is 5.32 Å². The molecular formula is C25H27N3O5. The van der Waals surface area contributed by atoms with E-state index < -0.39 is 6.04 Å². The number of likely N-dealkylation sites (N-methyl/N-ethyl adjacent to an activating group) is 1. The van der Waals surface area contributed by atoms with Gasteiger partial charge in [-0.25, -0.2) is 9.59 Å². The van der Waals surface area contributed by atoms with Crippen molar-refractivity contribution >= 4 is 23.6 Å². The molecule has 0 saturated carbocycles. The van der Waals surface area contributed by atoms with Gasteiger partial charge in [-0.1, -0.05) is 25.5 Å². The van der Waals surface area contributed by atoms with E-state index in [-0.39, 0.29) is 24.5 Å². The van der Waals surface area contributed by atoms with Gasteiger partial charge >= 0.3 is 12.0 Å². The van der Waals surface area contributed by atoms with Crippen LogP contribution in [0.25, 0.3) is 0 Å². The number of esters is 1. The number of nitrogens with zero attached hydrogens (tertiary/aromatic N) is 2. The zero-order chi connectivity index (χ0) is 23.5. The Morgan fingerprint density at radius 1 is 1.09 bits per heavy atom. The van der Waals surface area contributed by atoms with Gasteiger partial charge in [0.2, 0.25) is 0 Å². The molecule has 2 aromatic carbocycles. The third kappa shape index (κ3) is 4.28. The molecule has 8 nitrogen and oxygen atoms in total. The van der Waals surface area contributed by atoms with Crippen LogP contribution in [0.3, 0.4) is 0 Å². The molecule has 0 radical (unpaired) electrons. The fourth-order valence-electron chi connectivity index (χ4n) is 3.99. The monoisotopic (exact) mass is 449 g/mol. The Bertz CT molecular complexity index is 1090. The van der Waals surface area contributed by atoms with E-state index in [9.17, 15) is 14.4 Å². The molecule has 0 saturated heterocycles. The summed E-state index contributed by atoms with van der Waals surface area (Å²) in [4.78, 5) is 41.3. The highest BCUT2D eigenvalue weighted by Gasteiger charge is 2.43. The summed E-state index contributed by atoms with van der Waals surface area (Å²) in [7, 11) is 3.24. The zero-order valence-corrected chi connectivity index (χ0v) is 19.0. The maximum Gasteiger partial charge on any atom is 0.338 e. The number of carbonyl (C=O) groups excluding carboxylic acids is 3. The van der Waals surface area contributed by atoms with Crippen molar-refractivity contribution in [1.29, 1.82) is 0 Å².